The molecule has 12 nitrogen and oxygen atoms in total. The number of ketones is 9. The smallest absolute Gasteiger partial charge is 0.178 e. The number of Topliss-reactive ketones (excluding diaryl/α,β-unsaturated/α-hetero) is 5. The Bertz CT molecular complexity index is 4520. The van der Waals surface area contributed by atoms with Crippen LogP contribution in [0.15, 0.2) is 131 Å². The van der Waals surface area contributed by atoms with E-state index < -0.39 is 6.10 Å². The van der Waals surface area contributed by atoms with Crippen LogP contribution in [-0.2, 0) is 49.6 Å². The Morgan fingerprint density at radius 3 is 1.25 bits per heavy atom. The highest BCUT2D eigenvalue weighted by molar-refractivity contribution is 6.03. The molecular formula is C104H134O12. The molecule has 0 aliphatic heterocycles. The lowest BCUT2D eigenvalue weighted by Crippen LogP contribution is -2.56. The van der Waals surface area contributed by atoms with Crippen molar-refractivity contribution in [3.05, 3.63) is 142 Å². The number of hydrogen-bond donors (Lipinski definition) is 3. The summed E-state index contributed by atoms with van der Waals surface area (Å²) in [5.41, 5.74) is 12.2. The predicted octanol–water partition coefficient (Wildman–Crippen LogP) is 20.4. The van der Waals surface area contributed by atoms with Gasteiger partial charge in [-0.1, -0.05) is 124 Å². The molecule has 0 radical (unpaired) electrons. The summed E-state index contributed by atoms with van der Waals surface area (Å²) >= 11 is 0. The van der Waals surface area contributed by atoms with Gasteiger partial charge >= 0.3 is 0 Å². The lowest BCUT2D eigenvalue weighted by Gasteiger charge is -2.59. The zero-order valence-corrected chi connectivity index (χ0v) is 72.3. The first kappa shape index (κ1) is 83.0. The number of hydrogen-bond acceptors (Lipinski definition) is 12. The normalized spacial score (nSPS) is 45.4. The summed E-state index contributed by atoms with van der Waals surface area (Å²) in [4.78, 5) is 108. The van der Waals surface area contributed by atoms with Crippen molar-refractivity contribution in [2.75, 3.05) is 0 Å². The van der Waals surface area contributed by atoms with E-state index in [1.54, 1.807) is 58.9 Å². The molecule has 0 saturated heterocycles. The molecule has 20 rings (SSSR count). The standard InChI is InChI=1S/C21H30O3.C21H28O3.2C21H26O2.C20H24O2/c2*1-12(22)16-6-7-17-15-5-4-13-10-14(23)8-9-20(13,2)19(15)18(24)11-21(16,17)3;2*1-13(22)17-6-7-18-16-5-4-14-12-15(23)8-10-20(14,2)19(16)9-11-21(17,18)3;1-12(21)18-7-8-19-17-5-3-13-11-14(22)4-6-15(13)16(17)9-10-20(18,19)2/h10,15-19,24H,4-9,11H2,1-3H3;8-10,15-19,24H,4-7,11H2,1-3H3;2*8-10,12,16-18H,4-7,11H2,1-3H3;4,6,9,11,17-19,22H,3,5,7-8,10H2,1-2H3/t2*15?,16?,17?,18-,19?,20+,21-;2*16?,17?,18?,20-,21+;17?,18?,19?,20-/m11001/s1. The van der Waals surface area contributed by atoms with Crippen LogP contribution in [0.2, 0.25) is 0 Å². The Balaban J connectivity index is 0.000000109. The number of allylic oxidation sites excluding steroid dienone is 19. The summed E-state index contributed by atoms with van der Waals surface area (Å²) in [6, 6.07) is 5.82. The number of aromatic hydroxyl groups is 1. The van der Waals surface area contributed by atoms with Crippen LogP contribution in [0.4, 0.5) is 0 Å². The third-order valence-electron chi connectivity index (χ3n) is 37.9. The van der Waals surface area contributed by atoms with E-state index in [1.165, 1.54) is 69.4 Å². The average molecular weight is 1580 g/mol. The van der Waals surface area contributed by atoms with E-state index in [-0.39, 0.29) is 125 Å². The van der Waals surface area contributed by atoms with Gasteiger partial charge in [0.1, 0.15) is 34.7 Å². The number of aliphatic hydroxyl groups is 2. The summed E-state index contributed by atoms with van der Waals surface area (Å²) in [5.74, 6) is 9.73. The second-order valence-electron chi connectivity index (χ2n) is 43.1. The lowest BCUT2D eigenvalue weighted by atomic mass is 9.46. The third kappa shape index (κ3) is 13.1. The maximum atomic E-state index is 12.2. The molecular weight excluding hydrogens is 1440 g/mol. The number of benzene rings is 1. The van der Waals surface area contributed by atoms with E-state index in [9.17, 15) is 58.5 Å². The Morgan fingerprint density at radius 1 is 0.388 bits per heavy atom. The van der Waals surface area contributed by atoms with Gasteiger partial charge in [-0.3, -0.25) is 43.2 Å². The quantitative estimate of drug-likeness (QED) is 0.235. The van der Waals surface area contributed by atoms with E-state index in [0.29, 0.717) is 101 Å². The molecule has 11 fully saturated rings. The van der Waals surface area contributed by atoms with Crippen LogP contribution >= 0.6 is 0 Å². The maximum absolute atomic E-state index is 12.2. The minimum atomic E-state index is -0.400. The van der Waals surface area contributed by atoms with Crippen molar-refractivity contribution < 1.29 is 58.5 Å². The first-order chi connectivity index (χ1) is 54.8. The van der Waals surface area contributed by atoms with Crippen molar-refractivity contribution in [3.8, 4) is 5.75 Å². The zero-order chi connectivity index (χ0) is 82.8. The van der Waals surface area contributed by atoms with Crippen molar-refractivity contribution in [2.24, 2.45) is 149 Å². The third-order valence-corrected chi connectivity index (χ3v) is 37.9. The summed E-state index contributed by atoms with van der Waals surface area (Å²) in [5, 5.41) is 32.0. The molecule has 3 N–H and O–H groups in total. The fraction of sp³-hybridized carbons (Fsp3) is 0.663. The molecule has 0 aromatic heterocycles. The van der Waals surface area contributed by atoms with Gasteiger partial charge < -0.3 is 15.3 Å². The second-order valence-corrected chi connectivity index (χ2v) is 43.1. The summed E-state index contributed by atoms with van der Waals surface area (Å²) in [6.07, 6.45) is 52.9. The summed E-state index contributed by atoms with van der Waals surface area (Å²) < 4.78 is 0. The molecule has 19 aliphatic carbocycles. The van der Waals surface area contributed by atoms with Crippen molar-refractivity contribution in [1.29, 1.82) is 0 Å². The number of phenolic OH excluding ortho intramolecular Hbond substituents is 1. The number of aliphatic hydroxyl groups excluding tert-OH is 2. The topological polar surface area (TPSA) is 214 Å². The van der Waals surface area contributed by atoms with Crippen LogP contribution in [0.1, 0.15) is 275 Å². The maximum Gasteiger partial charge on any atom is 0.178 e. The number of carbonyl (C=O) groups excluding carboxylic acids is 9. The minimum absolute atomic E-state index is 0.0219. The van der Waals surface area contributed by atoms with Crippen molar-refractivity contribution in [3.63, 3.8) is 0 Å². The van der Waals surface area contributed by atoms with Crippen LogP contribution in [0.3, 0.4) is 0 Å². The molecule has 622 valence electrons. The molecule has 12 heteroatoms. The van der Waals surface area contributed by atoms with Gasteiger partial charge in [0.2, 0.25) is 0 Å². The second kappa shape index (κ2) is 29.9. The monoisotopic (exact) mass is 1570 g/mol. The zero-order valence-electron chi connectivity index (χ0n) is 72.3. The van der Waals surface area contributed by atoms with Gasteiger partial charge in [-0.05, 0) is 384 Å². The highest BCUT2D eigenvalue weighted by Gasteiger charge is 2.66. The van der Waals surface area contributed by atoms with Gasteiger partial charge in [0.25, 0.3) is 0 Å². The fourth-order valence-electron chi connectivity index (χ4n) is 32.4. The predicted molar refractivity (Wildman–Crippen MR) is 453 cm³/mol. The molecule has 1 aromatic carbocycles. The molecule has 19 aliphatic rings. The largest absolute Gasteiger partial charge is 0.508 e. The Labute approximate surface area is 691 Å². The Hall–Kier alpha value is -6.63. The minimum Gasteiger partial charge on any atom is -0.508 e. The van der Waals surface area contributed by atoms with Gasteiger partial charge in [0.05, 0.1) is 12.2 Å². The van der Waals surface area contributed by atoms with Crippen molar-refractivity contribution in [1.82, 2.24) is 0 Å². The van der Waals surface area contributed by atoms with Gasteiger partial charge in [-0.15, -0.1) is 0 Å². The molecule has 0 amide bonds. The highest BCUT2D eigenvalue weighted by Crippen LogP contribution is 2.71. The molecule has 0 spiro atoms. The Kier molecular flexibility index (Phi) is 21.4. The van der Waals surface area contributed by atoms with Crippen LogP contribution in [0, 0.1) is 149 Å². The van der Waals surface area contributed by atoms with E-state index in [2.05, 4.69) is 98.8 Å². The first-order valence-corrected chi connectivity index (χ1v) is 45.7. The molecule has 17 unspecified atom stereocenters. The SMILES string of the molecule is CC(=O)C1CCC2C3CCC4=CC(=O)C=C[C@]4(C)C3=CC[C@]12C.CC(=O)C1CCC2C3CCC4=CC(=O)C=C[C@]4(C)C3=CC[C@]12C.CC(=O)C1CCC2C3CCC4=CC(=O)C=C[C@]4(C)C3[C@H](O)C[C@]12C.CC(=O)C1CCC2C3CCC4=CC(=O)CC[C@]4(C)C3[C@H](O)C[C@]12C.CC(=O)C1CCC2C3CCc4cc(O)ccc4C3=CC[C@]12C. The van der Waals surface area contributed by atoms with Crippen LogP contribution in [-0.4, -0.2) is 79.6 Å². The van der Waals surface area contributed by atoms with Crippen LogP contribution in [0.5, 0.6) is 5.75 Å². The molecule has 116 heavy (non-hydrogen) atoms. The van der Waals surface area contributed by atoms with Crippen molar-refractivity contribution in [2.45, 2.75) is 283 Å². The van der Waals surface area contributed by atoms with Crippen molar-refractivity contribution >= 4 is 57.6 Å². The highest BCUT2D eigenvalue weighted by atomic mass is 16.3. The van der Waals surface area contributed by atoms with Crippen LogP contribution in [0.25, 0.3) is 5.57 Å². The number of fused-ring (bicyclic) bond motifs is 25. The van der Waals surface area contributed by atoms with Gasteiger partial charge in [-0.2, -0.15) is 0 Å². The number of aryl methyl sites for hydroxylation is 1. The van der Waals surface area contributed by atoms with E-state index >= 15 is 0 Å². The molecule has 0 heterocycles. The summed E-state index contributed by atoms with van der Waals surface area (Å²) in [7, 11) is 0. The fourth-order valence-corrected chi connectivity index (χ4v) is 32.4. The first-order valence-electron chi connectivity index (χ1n) is 45.7. The van der Waals surface area contributed by atoms with Crippen LogP contribution < -0.4 is 0 Å². The number of carbonyl (C=O) groups is 9. The summed E-state index contributed by atoms with van der Waals surface area (Å²) in [6.45, 7) is 29.3. The number of phenols is 1. The van der Waals surface area contributed by atoms with E-state index in [1.807, 2.05) is 36.4 Å². The molecule has 0 bridgehead atoms. The Morgan fingerprint density at radius 2 is 0.776 bits per heavy atom. The number of rotatable bonds is 5. The molecule has 11 saturated carbocycles. The average Bonchev–Trinajstić information content (AvgIpc) is 1.40. The van der Waals surface area contributed by atoms with Gasteiger partial charge in [-0.25, -0.2) is 0 Å². The van der Waals surface area contributed by atoms with Gasteiger partial charge in [0.15, 0.2) is 23.1 Å². The van der Waals surface area contributed by atoms with Gasteiger partial charge in [0, 0.05) is 58.2 Å². The molecule has 1 aromatic rings. The van der Waals surface area contributed by atoms with E-state index in [4.69, 9.17) is 0 Å². The molecule has 28 atom stereocenters. The van der Waals surface area contributed by atoms with E-state index in [0.717, 1.165) is 141 Å². The lowest BCUT2D eigenvalue weighted by molar-refractivity contribution is -0.143.